The third-order valence-electron chi connectivity index (χ3n) is 5.39. The summed E-state index contributed by atoms with van der Waals surface area (Å²) in [6, 6.07) is 23.2. The summed E-state index contributed by atoms with van der Waals surface area (Å²) in [5.74, 6) is -0.323. The average Bonchev–Trinajstić information content (AvgIpc) is 3.45. The molecule has 1 aliphatic heterocycles. The van der Waals surface area contributed by atoms with E-state index in [2.05, 4.69) is 26.3 Å². The van der Waals surface area contributed by atoms with Crippen LogP contribution in [0.5, 0.6) is 0 Å². The number of hydrogen-bond donors (Lipinski definition) is 0. The maximum absolute atomic E-state index is 13.5. The predicted octanol–water partition coefficient (Wildman–Crippen LogP) is 6.27. The highest BCUT2D eigenvalue weighted by Gasteiger charge is 2.33. The molecule has 0 radical (unpaired) electrons. The molecule has 8 heteroatoms. The summed E-state index contributed by atoms with van der Waals surface area (Å²) < 4.78 is 16.3. The summed E-state index contributed by atoms with van der Waals surface area (Å²) in [4.78, 5) is 11.7. The van der Waals surface area contributed by atoms with Crippen LogP contribution in [0.4, 0.5) is 4.39 Å². The standard InChI is InChI=1S/C24H17BrFN5O/c25-18-10-6-16(7-11-18)22-14-23(31(27-22)29-32)21-15-30(20-4-2-1-3-5-20)28-24(21)17-8-12-19(26)13-9-17/h1-13,15,23H,14H2/t23-/m1/s1. The van der Waals surface area contributed by atoms with Crippen LogP contribution in [0.2, 0.25) is 0 Å². The number of nitroso groups, excluding NO2 is 1. The second-order valence-electron chi connectivity index (χ2n) is 7.40. The molecule has 0 saturated heterocycles. The number of hydrogen-bond acceptors (Lipinski definition) is 4. The zero-order valence-electron chi connectivity index (χ0n) is 16.8. The second kappa shape index (κ2) is 8.47. The normalized spacial score (nSPS) is 15.6. The molecular formula is C24H17BrFN5O. The Balaban J connectivity index is 1.58. The van der Waals surface area contributed by atoms with Gasteiger partial charge in [-0.05, 0) is 54.1 Å². The topological polar surface area (TPSA) is 62.9 Å². The van der Waals surface area contributed by atoms with Gasteiger partial charge < -0.3 is 0 Å². The van der Waals surface area contributed by atoms with Crippen molar-refractivity contribution in [1.29, 1.82) is 0 Å². The second-order valence-corrected chi connectivity index (χ2v) is 8.31. The summed E-state index contributed by atoms with van der Waals surface area (Å²) in [7, 11) is 0. The van der Waals surface area contributed by atoms with Crippen LogP contribution in [-0.2, 0) is 0 Å². The lowest BCUT2D eigenvalue weighted by Gasteiger charge is -2.15. The van der Waals surface area contributed by atoms with Gasteiger partial charge in [0.1, 0.15) is 11.9 Å². The van der Waals surface area contributed by atoms with Crippen molar-refractivity contribution in [3.8, 4) is 16.9 Å². The quantitative estimate of drug-likeness (QED) is 0.310. The van der Waals surface area contributed by atoms with Gasteiger partial charge in [0.15, 0.2) is 0 Å². The fourth-order valence-electron chi connectivity index (χ4n) is 3.80. The van der Waals surface area contributed by atoms with Crippen LogP contribution >= 0.6 is 15.9 Å². The molecular weight excluding hydrogens is 473 g/mol. The molecule has 0 amide bonds. The summed E-state index contributed by atoms with van der Waals surface area (Å²) in [6.45, 7) is 0. The maximum atomic E-state index is 13.5. The highest BCUT2D eigenvalue weighted by molar-refractivity contribution is 9.10. The fraction of sp³-hybridized carbons (Fsp3) is 0.0833. The van der Waals surface area contributed by atoms with Crippen molar-refractivity contribution in [1.82, 2.24) is 14.9 Å². The lowest BCUT2D eigenvalue weighted by atomic mass is 9.97. The summed E-state index contributed by atoms with van der Waals surface area (Å²) in [6.07, 6.45) is 2.37. The molecule has 1 aliphatic rings. The van der Waals surface area contributed by atoms with Crippen molar-refractivity contribution in [2.45, 2.75) is 12.5 Å². The smallest absolute Gasteiger partial charge is 0.123 e. The lowest BCUT2D eigenvalue weighted by Crippen LogP contribution is -2.13. The zero-order chi connectivity index (χ0) is 22.1. The van der Waals surface area contributed by atoms with E-state index in [4.69, 9.17) is 5.10 Å². The van der Waals surface area contributed by atoms with Crippen LogP contribution in [0.25, 0.3) is 16.9 Å². The van der Waals surface area contributed by atoms with Crippen LogP contribution in [0.15, 0.2) is 99.9 Å². The Morgan fingerprint density at radius 3 is 2.31 bits per heavy atom. The van der Waals surface area contributed by atoms with Crippen molar-refractivity contribution in [3.63, 3.8) is 0 Å². The number of rotatable bonds is 5. The highest BCUT2D eigenvalue weighted by Crippen LogP contribution is 2.38. The SMILES string of the molecule is O=NN1N=C(c2ccc(Br)cc2)C[C@@H]1c1cn(-c2ccccc2)nc1-c1ccc(F)cc1. The third kappa shape index (κ3) is 3.85. The first-order valence-electron chi connectivity index (χ1n) is 9.99. The first kappa shape index (κ1) is 20.3. The van der Waals surface area contributed by atoms with Crippen molar-refractivity contribution in [2.24, 2.45) is 10.4 Å². The van der Waals surface area contributed by atoms with E-state index in [1.165, 1.54) is 17.3 Å². The molecule has 32 heavy (non-hydrogen) atoms. The van der Waals surface area contributed by atoms with Gasteiger partial charge >= 0.3 is 0 Å². The van der Waals surface area contributed by atoms with Gasteiger partial charge in [0.05, 0.1) is 22.4 Å². The Bertz CT molecular complexity index is 1290. The van der Waals surface area contributed by atoms with Crippen LogP contribution in [0.1, 0.15) is 23.6 Å². The average molecular weight is 490 g/mol. The fourth-order valence-corrected chi connectivity index (χ4v) is 4.07. The summed E-state index contributed by atoms with van der Waals surface area (Å²) >= 11 is 3.44. The summed E-state index contributed by atoms with van der Waals surface area (Å²) in [5.41, 5.74) is 4.75. The van der Waals surface area contributed by atoms with Gasteiger partial charge in [0.25, 0.3) is 0 Å². The van der Waals surface area contributed by atoms with E-state index < -0.39 is 6.04 Å². The van der Waals surface area contributed by atoms with Crippen molar-refractivity contribution in [3.05, 3.63) is 111 Å². The van der Waals surface area contributed by atoms with E-state index >= 15 is 0 Å². The van der Waals surface area contributed by atoms with Crippen molar-refractivity contribution >= 4 is 21.6 Å². The van der Waals surface area contributed by atoms with E-state index in [0.717, 1.165) is 32.6 Å². The molecule has 0 saturated carbocycles. The molecule has 0 spiro atoms. The van der Waals surface area contributed by atoms with Crippen LogP contribution < -0.4 is 0 Å². The van der Waals surface area contributed by atoms with E-state index in [9.17, 15) is 9.30 Å². The molecule has 1 aromatic heterocycles. The molecule has 0 N–H and O–H groups in total. The molecule has 0 aliphatic carbocycles. The summed E-state index contributed by atoms with van der Waals surface area (Å²) in [5, 5.41) is 13.6. The minimum Gasteiger partial charge on any atom is -0.240 e. The van der Waals surface area contributed by atoms with Crippen molar-refractivity contribution in [2.75, 3.05) is 0 Å². The molecule has 3 aromatic carbocycles. The Kier molecular flexibility index (Phi) is 5.36. The largest absolute Gasteiger partial charge is 0.240 e. The Morgan fingerprint density at radius 1 is 0.938 bits per heavy atom. The first-order valence-corrected chi connectivity index (χ1v) is 10.8. The molecule has 0 fully saturated rings. The van der Waals surface area contributed by atoms with E-state index in [1.54, 1.807) is 16.8 Å². The van der Waals surface area contributed by atoms with E-state index in [1.807, 2.05) is 60.8 Å². The van der Waals surface area contributed by atoms with Crippen LogP contribution in [0.3, 0.4) is 0 Å². The van der Waals surface area contributed by atoms with Gasteiger partial charge in [-0.1, -0.05) is 46.3 Å². The van der Waals surface area contributed by atoms with E-state index in [-0.39, 0.29) is 5.82 Å². The zero-order valence-corrected chi connectivity index (χ0v) is 18.4. The van der Waals surface area contributed by atoms with Gasteiger partial charge in [0.2, 0.25) is 0 Å². The molecule has 0 unspecified atom stereocenters. The van der Waals surface area contributed by atoms with Crippen LogP contribution in [0, 0.1) is 10.7 Å². The van der Waals surface area contributed by atoms with Gasteiger partial charge in [-0.15, -0.1) is 10.0 Å². The monoisotopic (exact) mass is 489 g/mol. The molecule has 0 bridgehead atoms. The maximum Gasteiger partial charge on any atom is 0.123 e. The lowest BCUT2D eigenvalue weighted by molar-refractivity contribution is 0.242. The Hall–Kier alpha value is -3.65. The Labute approximate surface area is 192 Å². The first-order chi connectivity index (χ1) is 15.6. The number of hydrazone groups is 1. The van der Waals surface area contributed by atoms with Gasteiger partial charge in [-0.3, -0.25) is 0 Å². The van der Waals surface area contributed by atoms with Gasteiger partial charge in [-0.2, -0.15) is 10.2 Å². The highest BCUT2D eigenvalue weighted by atomic mass is 79.9. The van der Waals surface area contributed by atoms with Crippen LogP contribution in [-0.4, -0.2) is 20.6 Å². The molecule has 4 aromatic rings. The minimum absolute atomic E-state index is 0.323. The number of aromatic nitrogens is 2. The molecule has 5 rings (SSSR count). The van der Waals surface area contributed by atoms with Crippen molar-refractivity contribution < 1.29 is 4.39 Å². The predicted molar refractivity (Wildman–Crippen MR) is 125 cm³/mol. The van der Waals surface area contributed by atoms with Gasteiger partial charge in [0, 0.05) is 28.2 Å². The third-order valence-corrected chi connectivity index (χ3v) is 5.92. The Morgan fingerprint density at radius 2 is 1.62 bits per heavy atom. The number of para-hydroxylation sites is 1. The van der Waals surface area contributed by atoms with Gasteiger partial charge in [-0.25, -0.2) is 9.07 Å². The number of halogens is 2. The molecule has 6 nitrogen and oxygen atoms in total. The molecule has 2 heterocycles. The number of benzene rings is 3. The minimum atomic E-state index is -0.427. The molecule has 1 atom stereocenters. The molecule has 158 valence electrons. The van der Waals surface area contributed by atoms with E-state index in [0.29, 0.717) is 12.1 Å². The number of nitrogens with zero attached hydrogens (tertiary/aromatic N) is 5.